The molecule has 0 saturated carbocycles. The summed E-state index contributed by atoms with van der Waals surface area (Å²) >= 11 is 0. The Labute approximate surface area is 194 Å². The lowest BCUT2D eigenvalue weighted by molar-refractivity contribution is -0.143. The number of nitrogens with one attached hydrogen (secondary N) is 1. The summed E-state index contributed by atoms with van der Waals surface area (Å²) in [5.41, 5.74) is -1.12. The molecule has 0 aliphatic carbocycles. The van der Waals surface area contributed by atoms with Gasteiger partial charge in [0.2, 0.25) is 0 Å². The van der Waals surface area contributed by atoms with Gasteiger partial charge in [0.25, 0.3) is 5.91 Å². The third kappa shape index (κ3) is 5.39. The summed E-state index contributed by atoms with van der Waals surface area (Å²) < 4.78 is 55.7. The summed E-state index contributed by atoms with van der Waals surface area (Å²) in [6.45, 7) is 4.47. The second-order valence-electron chi connectivity index (χ2n) is 8.04. The molecule has 1 amide bonds. The standard InChI is InChI=1S/C24H25F4N5O/c25-20-9-4-5-10-21(20)33-22(24(26,27)28)19(17-30-33)23(34)29-11-6-12-31-13-15-32(16-14-31)18-7-2-1-3-8-18/h1-5,7-10,17H,6,11-16H2,(H,29,34). The van der Waals surface area contributed by atoms with Gasteiger partial charge >= 0.3 is 6.18 Å². The molecule has 6 nitrogen and oxygen atoms in total. The van der Waals surface area contributed by atoms with E-state index in [-0.39, 0.29) is 12.2 Å². The average molecular weight is 475 g/mol. The Hall–Kier alpha value is -3.40. The Morgan fingerprint density at radius 3 is 2.32 bits per heavy atom. The van der Waals surface area contributed by atoms with Gasteiger partial charge in [0.05, 0.1) is 11.8 Å². The van der Waals surface area contributed by atoms with Crippen molar-refractivity contribution in [3.8, 4) is 5.69 Å². The second-order valence-corrected chi connectivity index (χ2v) is 8.04. The molecule has 0 bridgehead atoms. The van der Waals surface area contributed by atoms with E-state index in [1.54, 1.807) is 0 Å². The molecule has 1 aliphatic rings. The summed E-state index contributed by atoms with van der Waals surface area (Å²) in [6, 6.07) is 15.1. The smallest absolute Gasteiger partial charge is 0.369 e. The van der Waals surface area contributed by atoms with Crippen LogP contribution in [0.5, 0.6) is 0 Å². The second kappa shape index (κ2) is 10.3. The number of halogens is 4. The normalized spacial score (nSPS) is 14.9. The number of carbonyl (C=O) groups excluding carboxylic acids is 1. The number of aromatic nitrogens is 2. The van der Waals surface area contributed by atoms with E-state index in [1.807, 2.05) is 18.2 Å². The van der Waals surface area contributed by atoms with Crippen molar-refractivity contribution in [2.45, 2.75) is 12.6 Å². The summed E-state index contributed by atoms with van der Waals surface area (Å²) in [4.78, 5) is 17.1. The number of piperazine rings is 1. The molecular formula is C24H25F4N5O. The van der Waals surface area contributed by atoms with E-state index in [0.717, 1.165) is 45.0 Å². The maximum Gasteiger partial charge on any atom is 0.434 e. The highest BCUT2D eigenvalue weighted by molar-refractivity contribution is 5.95. The van der Waals surface area contributed by atoms with Crippen molar-refractivity contribution in [3.05, 3.63) is 77.9 Å². The lowest BCUT2D eigenvalue weighted by atomic mass is 10.2. The zero-order valence-corrected chi connectivity index (χ0v) is 18.4. The summed E-state index contributed by atoms with van der Waals surface area (Å²) in [7, 11) is 0. The van der Waals surface area contributed by atoms with Crippen LogP contribution >= 0.6 is 0 Å². The highest BCUT2D eigenvalue weighted by Crippen LogP contribution is 2.34. The van der Waals surface area contributed by atoms with E-state index >= 15 is 0 Å². The van der Waals surface area contributed by atoms with Crippen molar-refractivity contribution in [3.63, 3.8) is 0 Å². The molecule has 10 heteroatoms. The van der Waals surface area contributed by atoms with Gasteiger partial charge in [-0.1, -0.05) is 30.3 Å². The fourth-order valence-electron chi connectivity index (χ4n) is 4.06. The number of hydrogen-bond acceptors (Lipinski definition) is 4. The first-order valence-corrected chi connectivity index (χ1v) is 11.1. The first-order valence-electron chi connectivity index (χ1n) is 11.1. The predicted octanol–water partition coefficient (Wildman–Crippen LogP) is 3.97. The molecule has 180 valence electrons. The lowest BCUT2D eigenvalue weighted by Gasteiger charge is -2.36. The zero-order valence-electron chi connectivity index (χ0n) is 18.4. The van der Waals surface area contributed by atoms with E-state index in [9.17, 15) is 22.4 Å². The number of para-hydroxylation sites is 2. The maximum absolute atomic E-state index is 14.1. The van der Waals surface area contributed by atoms with Crippen LogP contribution in [0.4, 0.5) is 23.2 Å². The molecule has 3 aromatic rings. The van der Waals surface area contributed by atoms with Crippen molar-refractivity contribution in [1.29, 1.82) is 0 Å². The molecule has 2 heterocycles. The number of anilines is 1. The highest BCUT2D eigenvalue weighted by Gasteiger charge is 2.41. The number of carbonyl (C=O) groups is 1. The van der Waals surface area contributed by atoms with Gasteiger partial charge in [-0.15, -0.1) is 0 Å². The topological polar surface area (TPSA) is 53.4 Å². The largest absolute Gasteiger partial charge is 0.434 e. The van der Waals surface area contributed by atoms with Crippen LogP contribution < -0.4 is 10.2 Å². The van der Waals surface area contributed by atoms with Crippen LogP contribution in [0.3, 0.4) is 0 Å². The van der Waals surface area contributed by atoms with Crippen LogP contribution in [-0.2, 0) is 6.18 Å². The van der Waals surface area contributed by atoms with Gasteiger partial charge < -0.3 is 10.2 Å². The van der Waals surface area contributed by atoms with Crippen LogP contribution in [0.15, 0.2) is 60.8 Å². The Morgan fingerprint density at radius 1 is 0.971 bits per heavy atom. The van der Waals surface area contributed by atoms with Gasteiger partial charge in [-0.3, -0.25) is 9.69 Å². The van der Waals surface area contributed by atoms with Crippen molar-refractivity contribution in [1.82, 2.24) is 20.0 Å². The Balaban J connectivity index is 1.31. The van der Waals surface area contributed by atoms with Crippen LogP contribution in [0.2, 0.25) is 0 Å². The van der Waals surface area contributed by atoms with E-state index < -0.39 is 29.2 Å². The molecule has 0 atom stereocenters. The minimum atomic E-state index is -4.89. The lowest BCUT2D eigenvalue weighted by Crippen LogP contribution is -2.47. The quantitative estimate of drug-likeness (QED) is 0.415. The van der Waals surface area contributed by atoms with Crippen LogP contribution in [-0.4, -0.2) is 59.9 Å². The van der Waals surface area contributed by atoms with E-state index in [0.29, 0.717) is 11.1 Å². The number of benzene rings is 2. The molecule has 0 spiro atoms. The monoisotopic (exact) mass is 475 g/mol. The minimum absolute atomic E-state index is 0.222. The van der Waals surface area contributed by atoms with Crippen LogP contribution in [0.25, 0.3) is 5.69 Å². The van der Waals surface area contributed by atoms with Gasteiger partial charge in [-0.25, -0.2) is 9.07 Å². The minimum Gasteiger partial charge on any atom is -0.369 e. The van der Waals surface area contributed by atoms with Gasteiger partial charge in [0, 0.05) is 38.4 Å². The Morgan fingerprint density at radius 2 is 1.65 bits per heavy atom. The summed E-state index contributed by atoms with van der Waals surface area (Å²) in [5, 5.41) is 6.19. The highest BCUT2D eigenvalue weighted by atomic mass is 19.4. The molecule has 0 radical (unpaired) electrons. The molecular weight excluding hydrogens is 450 g/mol. The summed E-state index contributed by atoms with van der Waals surface area (Å²) in [6.07, 6.45) is -3.46. The van der Waals surface area contributed by atoms with Gasteiger partial charge in [-0.05, 0) is 37.2 Å². The summed E-state index contributed by atoms with van der Waals surface area (Å²) in [5.74, 6) is -1.75. The number of alkyl halides is 3. The van der Waals surface area contributed by atoms with Crippen molar-refractivity contribution in [2.24, 2.45) is 0 Å². The molecule has 2 aromatic carbocycles. The number of amides is 1. The maximum atomic E-state index is 14.1. The fraction of sp³-hybridized carbons (Fsp3) is 0.333. The third-order valence-electron chi connectivity index (χ3n) is 5.79. The SMILES string of the molecule is O=C(NCCCN1CCN(c2ccccc2)CC1)c1cnn(-c2ccccc2F)c1C(F)(F)F. The molecule has 1 N–H and O–H groups in total. The van der Waals surface area contributed by atoms with E-state index in [1.165, 1.54) is 23.9 Å². The van der Waals surface area contributed by atoms with Crippen LogP contribution in [0.1, 0.15) is 22.5 Å². The molecule has 1 aliphatic heterocycles. The van der Waals surface area contributed by atoms with Crippen molar-refractivity contribution >= 4 is 11.6 Å². The van der Waals surface area contributed by atoms with Gasteiger partial charge in [0.15, 0.2) is 5.69 Å². The van der Waals surface area contributed by atoms with Crippen molar-refractivity contribution < 1.29 is 22.4 Å². The van der Waals surface area contributed by atoms with E-state index in [4.69, 9.17) is 0 Å². The molecule has 34 heavy (non-hydrogen) atoms. The molecule has 1 fully saturated rings. The van der Waals surface area contributed by atoms with E-state index in [2.05, 4.69) is 32.3 Å². The fourth-order valence-corrected chi connectivity index (χ4v) is 4.06. The number of hydrogen-bond donors (Lipinski definition) is 1. The molecule has 1 saturated heterocycles. The molecule has 0 unspecified atom stereocenters. The number of rotatable bonds is 7. The Bertz CT molecular complexity index is 1110. The predicted molar refractivity (Wildman–Crippen MR) is 121 cm³/mol. The zero-order chi connectivity index (χ0) is 24.1. The first kappa shape index (κ1) is 23.7. The van der Waals surface area contributed by atoms with Crippen molar-refractivity contribution in [2.75, 3.05) is 44.2 Å². The Kier molecular flexibility index (Phi) is 7.16. The number of nitrogens with zero attached hydrogens (tertiary/aromatic N) is 4. The first-order chi connectivity index (χ1) is 16.3. The molecule has 1 aromatic heterocycles. The average Bonchev–Trinajstić information content (AvgIpc) is 3.29. The third-order valence-corrected chi connectivity index (χ3v) is 5.79. The van der Waals surface area contributed by atoms with Gasteiger partial charge in [-0.2, -0.15) is 18.3 Å². The van der Waals surface area contributed by atoms with Gasteiger partial charge in [0.1, 0.15) is 11.5 Å². The molecule has 4 rings (SSSR count). The van der Waals surface area contributed by atoms with Crippen LogP contribution in [0, 0.1) is 5.82 Å².